The first-order valence-corrected chi connectivity index (χ1v) is 5.79. The molecule has 1 aromatic heterocycles. The largest absolute Gasteiger partial charge is 0.433 e. The number of carbonyl (C=O) groups excluding carboxylic acids is 1. The fraction of sp³-hybridized carbons (Fsp3) is 0.231. The number of Topliss-reactive ketones (excluding diaryl/α,β-unsaturated/α-hetero) is 1. The summed E-state index contributed by atoms with van der Waals surface area (Å²) in [6.07, 6.45) is -4.61. The van der Waals surface area contributed by atoms with E-state index >= 15 is 0 Å². The van der Waals surface area contributed by atoms with Crippen molar-refractivity contribution in [2.75, 3.05) is 0 Å². The van der Waals surface area contributed by atoms with Gasteiger partial charge in [0.1, 0.15) is 17.2 Å². The number of halogens is 4. The summed E-state index contributed by atoms with van der Waals surface area (Å²) in [7, 11) is 0. The lowest BCUT2D eigenvalue weighted by atomic mass is 10.2. The Morgan fingerprint density at radius 3 is 2.35 bits per heavy atom. The van der Waals surface area contributed by atoms with Gasteiger partial charge in [-0.15, -0.1) is 0 Å². The molecule has 1 aromatic carbocycles. The third-order valence-electron chi connectivity index (χ3n) is 2.68. The molecule has 0 saturated heterocycles. The van der Waals surface area contributed by atoms with Crippen LogP contribution in [0.25, 0.3) is 5.69 Å². The number of ketones is 1. The summed E-state index contributed by atoms with van der Waals surface area (Å²) < 4.78 is 52.3. The van der Waals surface area contributed by atoms with Crippen molar-refractivity contribution >= 4 is 5.78 Å². The van der Waals surface area contributed by atoms with Crippen LogP contribution < -0.4 is 0 Å². The molecule has 0 aliphatic heterocycles. The topological polar surface area (TPSA) is 34.9 Å². The second-order valence-corrected chi connectivity index (χ2v) is 4.08. The zero-order valence-corrected chi connectivity index (χ0v) is 10.4. The minimum Gasteiger partial charge on any atom is -0.292 e. The smallest absolute Gasteiger partial charge is 0.292 e. The second-order valence-electron chi connectivity index (χ2n) is 4.08. The summed E-state index contributed by atoms with van der Waals surface area (Å²) >= 11 is 0. The number of aromatic nitrogens is 2. The molecule has 0 aliphatic rings. The van der Waals surface area contributed by atoms with Crippen molar-refractivity contribution in [2.24, 2.45) is 0 Å². The van der Waals surface area contributed by atoms with Gasteiger partial charge in [0.05, 0.1) is 5.69 Å². The highest BCUT2D eigenvalue weighted by molar-refractivity contribution is 5.94. The second kappa shape index (κ2) is 5.07. The summed E-state index contributed by atoms with van der Waals surface area (Å²) in [4.78, 5) is 11.5. The van der Waals surface area contributed by atoms with E-state index in [1.165, 1.54) is 6.92 Å². The maximum atomic E-state index is 12.9. The molecular formula is C13H10F4N2O. The molecule has 0 spiro atoms. The lowest BCUT2D eigenvalue weighted by Gasteiger charge is -2.09. The molecule has 0 bridgehead atoms. The normalized spacial score (nSPS) is 11.7. The minimum absolute atomic E-state index is 0.0360. The molecule has 1 heterocycles. The number of nitrogens with zero attached hydrogens (tertiary/aromatic N) is 2. The van der Waals surface area contributed by atoms with Crippen molar-refractivity contribution in [1.29, 1.82) is 0 Å². The molecule has 2 rings (SSSR count). The van der Waals surface area contributed by atoms with Crippen LogP contribution in [0.1, 0.15) is 29.5 Å². The summed E-state index contributed by atoms with van der Waals surface area (Å²) in [6.45, 7) is 1.53. The highest BCUT2D eigenvalue weighted by Crippen LogP contribution is 2.31. The van der Waals surface area contributed by atoms with Crippen LogP contribution in [-0.4, -0.2) is 15.6 Å². The van der Waals surface area contributed by atoms with Gasteiger partial charge >= 0.3 is 6.18 Å². The number of rotatable bonds is 3. The zero-order valence-electron chi connectivity index (χ0n) is 10.4. The van der Waals surface area contributed by atoms with Gasteiger partial charge in [0, 0.05) is 12.5 Å². The van der Waals surface area contributed by atoms with Crippen molar-refractivity contribution in [3.63, 3.8) is 0 Å². The van der Waals surface area contributed by atoms with Crippen molar-refractivity contribution in [2.45, 2.75) is 19.5 Å². The van der Waals surface area contributed by atoms with Gasteiger partial charge in [-0.25, -0.2) is 9.07 Å². The van der Waals surface area contributed by atoms with E-state index in [-0.39, 0.29) is 17.8 Å². The Labute approximate surface area is 111 Å². The van der Waals surface area contributed by atoms with Crippen molar-refractivity contribution in [3.05, 3.63) is 47.5 Å². The fourth-order valence-corrected chi connectivity index (χ4v) is 1.68. The van der Waals surface area contributed by atoms with E-state index in [0.29, 0.717) is 10.7 Å². The standard InChI is InChI=1S/C13H10F4N2O/c1-2-11(20)10-7-12(13(15,16)17)19(18-10)9-5-3-8(14)4-6-9/h3-7H,2H2,1H3. The van der Waals surface area contributed by atoms with Crippen LogP contribution in [0.15, 0.2) is 30.3 Å². The molecule has 0 atom stereocenters. The van der Waals surface area contributed by atoms with E-state index in [1.807, 2.05) is 0 Å². The monoisotopic (exact) mass is 286 g/mol. The van der Waals surface area contributed by atoms with Gasteiger partial charge in [0.15, 0.2) is 5.78 Å². The van der Waals surface area contributed by atoms with Crippen molar-refractivity contribution < 1.29 is 22.4 Å². The maximum Gasteiger partial charge on any atom is 0.433 e. The summed E-state index contributed by atoms with van der Waals surface area (Å²) in [5.41, 5.74) is -1.29. The Kier molecular flexibility index (Phi) is 3.61. The Morgan fingerprint density at radius 1 is 1.25 bits per heavy atom. The van der Waals surface area contributed by atoms with Gasteiger partial charge in [-0.05, 0) is 24.3 Å². The SMILES string of the molecule is CCC(=O)c1cc(C(F)(F)F)n(-c2ccc(F)cc2)n1. The molecule has 7 heteroatoms. The molecular weight excluding hydrogens is 276 g/mol. The van der Waals surface area contributed by atoms with Crippen molar-refractivity contribution in [3.8, 4) is 5.69 Å². The predicted octanol–water partition coefficient (Wildman–Crippen LogP) is 3.62. The van der Waals surface area contributed by atoms with E-state index in [4.69, 9.17) is 0 Å². The van der Waals surface area contributed by atoms with E-state index in [1.54, 1.807) is 0 Å². The van der Waals surface area contributed by atoms with Crippen LogP contribution >= 0.6 is 0 Å². The number of alkyl halides is 3. The van der Waals surface area contributed by atoms with Crippen LogP contribution in [0.3, 0.4) is 0 Å². The quantitative estimate of drug-likeness (QED) is 0.638. The Morgan fingerprint density at radius 2 is 1.85 bits per heavy atom. The average molecular weight is 286 g/mol. The van der Waals surface area contributed by atoms with Gasteiger partial charge in [0.25, 0.3) is 0 Å². The van der Waals surface area contributed by atoms with Gasteiger partial charge in [-0.2, -0.15) is 18.3 Å². The molecule has 0 radical (unpaired) electrons. The van der Waals surface area contributed by atoms with Crippen LogP contribution in [0.5, 0.6) is 0 Å². The third kappa shape index (κ3) is 2.71. The summed E-state index contributed by atoms with van der Waals surface area (Å²) in [5.74, 6) is -1.06. The average Bonchev–Trinajstić information content (AvgIpc) is 2.83. The zero-order chi connectivity index (χ0) is 14.9. The molecule has 0 N–H and O–H groups in total. The number of carbonyl (C=O) groups is 1. The fourth-order valence-electron chi connectivity index (χ4n) is 1.68. The Balaban J connectivity index is 2.58. The highest BCUT2D eigenvalue weighted by Gasteiger charge is 2.37. The molecule has 0 unspecified atom stereocenters. The lowest BCUT2D eigenvalue weighted by molar-refractivity contribution is -0.142. The van der Waals surface area contributed by atoms with Crippen LogP contribution in [0.4, 0.5) is 17.6 Å². The van der Waals surface area contributed by atoms with Gasteiger partial charge in [-0.1, -0.05) is 6.92 Å². The first-order chi connectivity index (χ1) is 9.32. The molecule has 0 fully saturated rings. The van der Waals surface area contributed by atoms with Crippen molar-refractivity contribution in [1.82, 2.24) is 9.78 Å². The van der Waals surface area contributed by atoms with E-state index in [0.717, 1.165) is 24.3 Å². The number of hydrogen-bond acceptors (Lipinski definition) is 2. The van der Waals surface area contributed by atoms with Gasteiger partial charge in [0.2, 0.25) is 0 Å². The molecule has 0 aliphatic carbocycles. The maximum absolute atomic E-state index is 12.9. The molecule has 2 aromatic rings. The first kappa shape index (κ1) is 14.2. The molecule has 0 amide bonds. The number of hydrogen-bond donors (Lipinski definition) is 0. The molecule has 0 saturated carbocycles. The summed E-state index contributed by atoms with van der Waals surface area (Å²) in [6, 6.07) is 5.09. The van der Waals surface area contributed by atoms with E-state index in [9.17, 15) is 22.4 Å². The molecule has 20 heavy (non-hydrogen) atoms. The van der Waals surface area contributed by atoms with Crippen LogP contribution in [0, 0.1) is 5.82 Å². The third-order valence-corrected chi connectivity index (χ3v) is 2.68. The predicted molar refractivity (Wildman–Crippen MR) is 63.1 cm³/mol. The number of benzene rings is 1. The molecule has 3 nitrogen and oxygen atoms in total. The summed E-state index contributed by atoms with van der Waals surface area (Å²) in [5, 5.41) is 3.67. The van der Waals surface area contributed by atoms with Gasteiger partial charge < -0.3 is 0 Å². The molecule has 106 valence electrons. The van der Waals surface area contributed by atoms with Gasteiger partial charge in [-0.3, -0.25) is 4.79 Å². The Hall–Kier alpha value is -2.18. The van der Waals surface area contributed by atoms with Crippen LogP contribution in [0.2, 0.25) is 0 Å². The van der Waals surface area contributed by atoms with E-state index in [2.05, 4.69) is 5.10 Å². The van der Waals surface area contributed by atoms with E-state index < -0.39 is 23.5 Å². The highest BCUT2D eigenvalue weighted by atomic mass is 19.4. The first-order valence-electron chi connectivity index (χ1n) is 5.79. The minimum atomic E-state index is -4.66. The lowest BCUT2D eigenvalue weighted by Crippen LogP contribution is -2.13. The van der Waals surface area contributed by atoms with Crippen LogP contribution in [-0.2, 0) is 6.18 Å². The Bertz CT molecular complexity index is 629.